The van der Waals surface area contributed by atoms with Crippen molar-refractivity contribution in [3.63, 3.8) is 0 Å². The van der Waals surface area contributed by atoms with Gasteiger partial charge in [0, 0.05) is 11.5 Å². The van der Waals surface area contributed by atoms with Gasteiger partial charge < -0.3 is 9.84 Å². The molecular weight excluding hydrogens is 531 g/mol. The van der Waals surface area contributed by atoms with Crippen LogP contribution < -0.4 is 9.64 Å². The number of allylic oxidation sites excluding steroid dienone is 2. The molecule has 1 saturated carbocycles. The molecule has 4 aliphatic rings. The van der Waals surface area contributed by atoms with Crippen LogP contribution in [0.4, 0.5) is 10.1 Å². The number of nitrogens with zero attached hydrogens (tertiary/aromatic N) is 2. The number of carbonyl (C=O) groups excluding carboxylic acids is 4. The van der Waals surface area contributed by atoms with E-state index in [9.17, 15) is 33.9 Å². The van der Waals surface area contributed by atoms with Gasteiger partial charge in [-0.25, -0.2) is 9.29 Å². The maximum atomic E-state index is 14.2. The molecule has 6 rings (SSSR count). The van der Waals surface area contributed by atoms with Crippen LogP contribution in [0.15, 0.2) is 48.0 Å². The van der Waals surface area contributed by atoms with Gasteiger partial charge in [-0.05, 0) is 62.1 Å². The Hall–Kier alpha value is -3.76. The lowest BCUT2D eigenvalue weighted by molar-refractivity contribution is -0.173. The lowest BCUT2D eigenvalue weighted by atomic mass is 9.51. The molecule has 2 heterocycles. The Bertz CT molecular complexity index is 1510. The summed E-state index contributed by atoms with van der Waals surface area (Å²) in [6.07, 6.45) is 2.00. The summed E-state index contributed by atoms with van der Waals surface area (Å²) < 4.78 is 19.3. The van der Waals surface area contributed by atoms with Gasteiger partial charge in [0.25, 0.3) is 11.8 Å². The van der Waals surface area contributed by atoms with Crippen LogP contribution in [-0.4, -0.2) is 46.1 Å². The Morgan fingerprint density at radius 3 is 2.49 bits per heavy atom. The van der Waals surface area contributed by atoms with Crippen LogP contribution in [0.3, 0.4) is 0 Å². The standard InChI is InChI=1S/C28H24ClFN2O7/c1-28-18(25(35)31(27(28)37)12-3-7-20(30)19(29)9-12)11-16-14(5-6-15-22(16)26(36)32(38)24(15)34)23(28)17-10-13(39-2)4-8-21(17)33/h3-5,7-10,15-16,18,22-23,33,38H,6,11H2,1-2H3/t15-,16+,18-,22-,23+,28+/m0/s1. The highest BCUT2D eigenvalue weighted by atomic mass is 35.5. The van der Waals surface area contributed by atoms with Gasteiger partial charge in [0.15, 0.2) is 0 Å². The summed E-state index contributed by atoms with van der Waals surface area (Å²) in [6.45, 7) is 1.65. The summed E-state index contributed by atoms with van der Waals surface area (Å²) >= 11 is 5.98. The molecule has 0 spiro atoms. The lowest BCUT2D eigenvalue weighted by Gasteiger charge is -2.49. The van der Waals surface area contributed by atoms with Crippen LogP contribution in [0.2, 0.25) is 5.02 Å². The van der Waals surface area contributed by atoms with Gasteiger partial charge in [0.2, 0.25) is 11.8 Å². The van der Waals surface area contributed by atoms with Crippen LogP contribution >= 0.6 is 11.6 Å². The maximum absolute atomic E-state index is 14.2. The van der Waals surface area contributed by atoms with Gasteiger partial charge in [-0.2, -0.15) is 5.06 Å². The van der Waals surface area contributed by atoms with Crippen LogP contribution in [0.25, 0.3) is 0 Å². The number of imide groups is 2. The molecule has 0 radical (unpaired) electrons. The van der Waals surface area contributed by atoms with Crippen molar-refractivity contribution < 1.29 is 38.6 Å². The van der Waals surface area contributed by atoms with Crippen molar-refractivity contribution in [3.05, 3.63) is 64.5 Å². The number of benzene rings is 2. The summed E-state index contributed by atoms with van der Waals surface area (Å²) in [6, 6.07) is 8.14. The van der Waals surface area contributed by atoms with Crippen LogP contribution in [0.5, 0.6) is 11.5 Å². The molecule has 9 nitrogen and oxygen atoms in total. The third-order valence-electron chi connectivity index (χ3n) is 8.96. The minimum atomic E-state index is -1.42. The molecule has 2 aromatic carbocycles. The smallest absolute Gasteiger partial charge is 0.257 e. The number of hydrogen-bond acceptors (Lipinski definition) is 7. The Kier molecular flexibility index (Phi) is 5.64. The van der Waals surface area contributed by atoms with E-state index < -0.39 is 64.5 Å². The highest BCUT2D eigenvalue weighted by molar-refractivity contribution is 6.31. The van der Waals surface area contributed by atoms with Crippen molar-refractivity contribution in [2.24, 2.45) is 29.1 Å². The van der Waals surface area contributed by atoms with Gasteiger partial charge in [-0.3, -0.25) is 24.4 Å². The topological polar surface area (TPSA) is 124 Å². The van der Waals surface area contributed by atoms with Gasteiger partial charge >= 0.3 is 0 Å². The second-order valence-electron chi connectivity index (χ2n) is 10.7. The SMILES string of the molecule is COc1ccc(O)c([C@H]2C3=CC[C@@H]4C(=O)N(O)C(=O)[C@@H]4[C@@H]3C[C@H]3C(=O)N(c4ccc(F)c(Cl)c4)C(=O)[C@@]23C)c1. The van der Waals surface area contributed by atoms with E-state index in [2.05, 4.69) is 0 Å². The third kappa shape index (κ3) is 3.34. The zero-order valence-corrected chi connectivity index (χ0v) is 21.7. The van der Waals surface area contributed by atoms with Crippen molar-refractivity contribution in [1.82, 2.24) is 5.06 Å². The first kappa shape index (κ1) is 25.5. The van der Waals surface area contributed by atoms with E-state index in [1.165, 1.54) is 25.3 Å². The summed E-state index contributed by atoms with van der Waals surface area (Å²) in [5, 5.41) is 21.0. The number of amides is 4. The average molecular weight is 555 g/mol. The van der Waals surface area contributed by atoms with Gasteiger partial charge in [-0.15, -0.1) is 0 Å². The molecule has 2 aromatic rings. The van der Waals surface area contributed by atoms with Crippen LogP contribution in [0, 0.1) is 34.9 Å². The van der Waals surface area contributed by atoms with E-state index >= 15 is 0 Å². The molecule has 202 valence electrons. The number of phenols is 1. The summed E-state index contributed by atoms with van der Waals surface area (Å²) in [5.74, 6) is -7.20. The molecule has 6 atom stereocenters. The van der Waals surface area contributed by atoms with Gasteiger partial charge in [0.05, 0.1) is 41.0 Å². The molecule has 11 heteroatoms. The van der Waals surface area contributed by atoms with Gasteiger partial charge in [0.1, 0.15) is 17.3 Å². The number of anilines is 1. The zero-order chi connectivity index (χ0) is 28.0. The zero-order valence-electron chi connectivity index (χ0n) is 20.9. The lowest BCUT2D eigenvalue weighted by Crippen LogP contribution is -2.48. The second-order valence-corrected chi connectivity index (χ2v) is 11.1. The van der Waals surface area contributed by atoms with E-state index in [1.807, 2.05) is 0 Å². The number of methoxy groups -OCH3 is 1. The van der Waals surface area contributed by atoms with Crippen molar-refractivity contribution in [2.45, 2.75) is 25.7 Å². The number of phenolic OH excluding ortho intramolecular Hbond substituents is 1. The predicted molar refractivity (Wildman–Crippen MR) is 134 cm³/mol. The molecular formula is C28H24ClFN2O7. The van der Waals surface area contributed by atoms with E-state index in [0.717, 1.165) is 11.0 Å². The van der Waals surface area contributed by atoms with Crippen molar-refractivity contribution in [3.8, 4) is 11.5 Å². The quantitative estimate of drug-likeness (QED) is 0.336. The predicted octanol–water partition coefficient (Wildman–Crippen LogP) is 3.81. The molecule has 0 bridgehead atoms. The number of carbonyl (C=O) groups is 4. The molecule has 3 fully saturated rings. The van der Waals surface area contributed by atoms with E-state index in [-0.39, 0.29) is 34.4 Å². The minimum Gasteiger partial charge on any atom is -0.508 e. The van der Waals surface area contributed by atoms with Crippen molar-refractivity contribution >= 4 is 40.9 Å². The Labute approximate surface area is 227 Å². The van der Waals surface area contributed by atoms with E-state index in [0.29, 0.717) is 16.9 Å². The van der Waals surface area contributed by atoms with Crippen LogP contribution in [-0.2, 0) is 19.2 Å². The Balaban J connectivity index is 1.56. The van der Waals surface area contributed by atoms with Crippen molar-refractivity contribution in [1.29, 1.82) is 0 Å². The maximum Gasteiger partial charge on any atom is 0.257 e. The second kappa shape index (κ2) is 8.62. The number of hydroxylamine groups is 2. The van der Waals surface area contributed by atoms with Gasteiger partial charge in [-0.1, -0.05) is 23.3 Å². The number of aromatic hydroxyl groups is 1. The molecule has 2 N–H and O–H groups in total. The molecule has 2 aliphatic carbocycles. The molecule has 2 aliphatic heterocycles. The Morgan fingerprint density at radius 2 is 1.79 bits per heavy atom. The van der Waals surface area contributed by atoms with Crippen molar-refractivity contribution in [2.75, 3.05) is 12.0 Å². The highest BCUT2D eigenvalue weighted by Gasteiger charge is 2.68. The summed E-state index contributed by atoms with van der Waals surface area (Å²) in [5.41, 5.74) is -0.352. The monoisotopic (exact) mass is 554 g/mol. The first-order valence-electron chi connectivity index (χ1n) is 12.5. The molecule has 0 unspecified atom stereocenters. The average Bonchev–Trinajstić information content (AvgIpc) is 3.26. The fourth-order valence-electron chi connectivity index (χ4n) is 7.10. The van der Waals surface area contributed by atoms with E-state index in [4.69, 9.17) is 16.3 Å². The van der Waals surface area contributed by atoms with Crippen LogP contribution in [0.1, 0.15) is 31.2 Å². The van der Waals surface area contributed by atoms with E-state index in [1.54, 1.807) is 25.1 Å². The fraction of sp³-hybridized carbons (Fsp3) is 0.357. The molecule has 2 saturated heterocycles. The number of hydrogen-bond donors (Lipinski definition) is 2. The summed E-state index contributed by atoms with van der Waals surface area (Å²) in [4.78, 5) is 54.8. The molecule has 4 amide bonds. The first-order valence-corrected chi connectivity index (χ1v) is 12.9. The largest absolute Gasteiger partial charge is 0.508 e. The first-order chi connectivity index (χ1) is 18.5. The minimum absolute atomic E-state index is 0.0631. The third-order valence-corrected chi connectivity index (χ3v) is 9.25. The normalized spacial score (nSPS) is 31.7. The molecule has 39 heavy (non-hydrogen) atoms. The fourth-order valence-corrected chi connectivity index (χ4v) is 7.28. The number of rotatable bonds is 3. The molecule has 0 aromatic heterocycles. The number of fused-ring (bicyclic) bond motifs is 4. The number of ether oxygens (including phenoxy) is 1. The Morgan fingerprint density at radius 1 is 1.05 bits per heavy atom. The number of halogens is 2. The highest BCUT2D eigenvalue weighted by Crippen LogP contribution is 2.64. The summed E-state index contributed by atoms with van der Waals surface area (Å²) in [7, 11) is 1.46.